The van der Waals surface area contributed by atoms with E-state index in [-0.39, 0.29) is 11.7 Å². The molecule has 5 rings (SSSR count). The zero-order chi connectivity index (χ0) is 27.9. The van der Waals surface area contributed by atoms with Crippen molar-refractivity contribution < 1.29 is 13.9 Å². The van der Waals surface area contributed by atoms with Gasteiger partial charge in [-0.25, -0.2) is 4.39 Å². The van der Waals surface area contributed by atoms with Crippen LogP contribution in [0.25, 0.3) is 5.69 Å². The number of methoxy groups -OCH3 is 1. The molecule has 0 bridgehead atoms. The Hall–Kier alpha value is -4.43. The summed E-state index contributed by atoms with van der Waals surface area (Å²) in [6, 6.07) is 31.2. The summed E-state index contributed by atoms with van der Waals surface area (Å²) in [7, 11) is 1.55. The predicted octanol–water partition coefficient (Wildman–Crippen LogP) is 6.73. The summed E-state index contributed by atoms with van der Waals surface area (Å²) in [5, 5.41) is 13.0. The van der Waals surface area contributed by atoms with Gasteiger partial charge in [-0.1, -0.05) is 84.1 Å². The number of halogens is 1. The predicted molar refractivity (Wildman–Crippen MR) is 155 cm³/mol. The van der Waals surface area contributed by atoms with Crippen molar-refractivity contribution in [3.63, 3.8) is 0 Å². The molecule has 5 aromatic rings. The first-order valence-electron chi connectivity index (χ1n) is 12.9. The van der Waals surface area contributed by atoms with Crippen LogP contribution in [-0.2, 0) is 12.2 Å². The molecule has 0 aliphatic heterocycles. The standard InChI is InChI=1S/C32H29FN4O2S/c1-22-12-18-26(19-13-22)37-30(35-36-32(37)40-21-24-14-16-25(33)17-15-24)28(20-23-8-4-3-5-9-23)34-31(38)27-10-6-7-11-29(27)39-2/h3-19,28H,20-21H2,1-2H3,(H,34,38). The number of amides is 1. The molecule has 40 heavy (non-hydrogen) atoms. The van der Waals surface area contributed by atoms with E-state index in [1.165, 1.54) is 23.9 Å². The van der Waals surface area contributed by atoms with Crippen LogP contribution in [0.2, 0.25) is 0 Å². The topological polar surface area (TPSA) is 69.0 Å². The number of hydrogen-bond acceptors (Lipinski definition) is 5. The Balaban J connectivity index is 1.54. The summed E-state index contributed by atoms with van der Waals surface area (Å²) >= 11 is 1.51. The van der Waals surface area contributed by atoms with E-state index in [2.05, 4.69) is 15.5 Å². The van der Waals surface area contributed by atoms with E-state index in [0.29, 0.717) is 34.5 Å². The Morgan fingerprint density at radius 3 is 2.33 bits per heavy atom. The highest BCUT2D eigenvalue weighted by atomic mass is 32.2. The SMILES string of the molecule is COc1ccccc1C(=O)NC(Cc1ccccc1)c1nnc(SCc2ccc(F)cc2)n1-c1ccc(C)cc1. The van der Waals surface area contributed by atoms with Crippen LogP contribution in [0.1, 0.15) is 38.9 Å². The molecule has 202 valence electrons. The molecular formula is C32H29FN4O2S. The lowest BCUT2D eigenvalue weighted by Crippen LogP contribution is -2.32. The minimum atomic E-state index is -0.492. The van der Waals surface area contributed by atoms with E-state index < -0.39 is 6.04 Å². The lowest BCUT2D eigenvalue weighted by molar-refractivity contribution is 0.0931. The van der Waals surface area contributed by atoms with Crippen LogP contribution in [0.5, 0.6) is 5.75 Å². The second kappa shape index (κ2) is 12.6. The Kier molecular flexibility index (Phi) is 8.56. The highest BCUT2D eigenvalue weighted by Gasteiger charge is 2.26. The smallest absolute Gasteiger partial charge is 0.255 e. The average Bonchev–Trinajstić information content (AvgIpc) is 3.41. The Bertz CT molecular complexity index is 1570. The third-order valence-electron chi connectivity index (χ3n) is 6.48. The summed E-state index contributed by atoms with van der Waals surface area (Å²) in [5.74, 6) is 1.15. The van der Waals surface area contributed by atoms with Crippen LogP contribution in [0.3, 0.4) is 0 Å². The van der Waals surface area contributed by atoms with Crippen molar-refractivity contribution in [3.8, 4) is 11.4 Å². The molecule has 1 unspecified atom stereocenters. The summed E-state index contributed by atoms with van der Waals surface area (Å²) in [4.78, 5) is 13.6. The number of hydrogen-bond donors (Lipinski definition) is 1. The van der Waals surface area contributed by atoms with Gasteiger partial charge < -0.3 is 10.1 Å². The number of nitrogens with zero attached hydrogens (tertiary/aromatic N) is 3. The molecule has 0 fully saturated rings. The first-order valence-corrected chi connectivity index (χ1v) is 13.9. The van der Waals surface area contributed by atoms with E-state index in [1.807, 2.05) is 78.2 Å². The zero-order valence-electron chi connectivity index (χ0n) is 22.3. The first kappa shape index (κ1) is 27.1. The molecule has 1 heterocycles. The monoisotopic (exact) mass is 552 g/mol. The molecular weight excluding hydrogens is 523 g/mol. The van der Waals surface area contributed by atoms with Crippen molar-refractivity contribution in [2.45, 2.75) is 30.3 Å². The lowest BCUT2D eigenvalue weighted by atomic mass is 10.0. The quantitative estimate of drug-likeness (QED) is 0.195. The molecule has 0 saturated heterocycles. The minimum absolute atomic E-state index is 0.266. The molecule has 1 N–H and O–H groups in total. The van der Waals surface area contributed by atoms with Crippen LogP contribution in [0.15, 0.2) is 108 Å². The van der Waals surface area contributed by atoms with Gasteiger partial charge in [0, 0.05) is 11.4 Å². The van der Waals surface area contributed by atoms with Gasteiger partial charge in [0.25, 0.3) is 5.91 Å². The summed E-state index contributed by atoms with van der Waals surface area (Å²) in [6.07, 6.45) is 0.508. The van der Waals surface area contributed by atoms with Gasteiger partial charge in [-0.3, -0.25) is 9.36 Å². The molecule has 8 heteroatoms. The number of aryl methyl sites for hydroxylation is 1. The number of carbonyl (C=O) groups is 1. The Labute approximate surface area is 237 Å². The Morgan fingerprint density at radius 1 is 0.900 bits per heavy atom. The third-order valence-corrected chi connectivity index (χ3v) is 7.48. The van der Waals surface area contributed by atoms with Crippen molar-refractivity contribution in [1.29, 1.82) is 0 Å². The molecule has 0 spiro atoms. The van der Waals surface area contributed by atoms with Crippen molar-refractivity contribution in [1.82, 2.24) is 20.1 Å². The van der Waals surface area contributed by atoms with Crippen LogP contribution in [0.4, 0.5) is 4.39 Å². The van der Waals surface area contributed by atoms with Gasteiger partial charge >= 0.3 is 0 Å². The number of carbonyl (C=O) groups excluding carboxylic acids is 1. The summed E-state index contributed by atoms with van der Waals surface area (Å²) in [6.45, 7) is 2.03. The van der Waals surface area contributed by atoms with Crippen LogP contribution < -0.4 is 10.1 Å². The molecule has 0 aliphatic rings. The molecule has 1 aromatic heterocycles. The molecule has 6 nitrogen and oxygen atoms in total. The van der Waals surface area contributed by atoms with E-state index in [4.69, 9.17) is 4.74 Å². The summed E-state index contributed by atoms with van der Waals surface area (Å²) < 4.78 is 20.9. The van der Waals surface area contributed by atoms with Crippen molar-refractivity contribution in [3.05, 3.63) is 137 Å². The van der Waals surface area contributed by atoms with Gasteiger partial charge in [0.1, 0.15) is 11.6 Å². The maximum absolute atomic E-state index is 13.6. The lowest BCUT2D eigenvalue weighted by Gasteiger charge is -2.21. The fraction of sp³-hybridized carbons (Fsp3) is 0.156. The number of nitrogens with one attached hydrogen (secondary N) is 1. The number of aromatic nitrogens is 3. The second-order valence-electron chi connectivity index (χ2n) is 9.34. The fourth-order valence-electron chi connectivity index (χ4n) is 4.39. The van der Waals surface area contributed by atoms with Crippen molar-refractivity contribution in [2.24, 2.45) is 0 Å². The maximum Gasteiger partial charge on any atom is 0.255 e. The van der Waals surface area contributed by atoms with Gasteiger partial charge in [0.05, 0.1) is 18.7 Å². The highest BCUT2D eigenvalue weighted by Crippen LogP contribution is 2.30. The number of rotatable bonds is 10. The Morgan fingerprint density at radius 2 is 1.60 bits per heavy atom. The van der Waals surface area contributed by atoms with Gasteiger partial charge in [0.15, 0.2) is 11.0 Å². The minimum Gasteiger partial charge on any atom is -0.496 e. The van der Waals surface area contributed by atoms with Crippen LogP contribution >= 0.6 is 11.8 Å². The van der Waals surface area contributed by atoms with Crippen molar-refractivity contribution in [2.75, 3.05) is 7.11 Å². The van der Waals surface area contributed by atoms with Crippen LogP contribution in [-0.4, -0.2) is 27.8 Å². The van der Waals surface area contributed by atoms with Crippen LogP contribution in [0, 0.1) is 12.7 Å². The maximum atomic E-state index is 13.6. The zero-order valence-corrected chi connectivity index (χ0v) is 23.1. The molecule has 0 radical (unpaired) electrons. The molecule has 0 saturated carbocycles. The number of thioether (sulfide) groups is 1. The second-order valence-corrected chi connectivity index (χ2v) is 10.3. The molecule has 1 amide bonds. The average molecular weight is 553 g/mol. The third kappa shape index (κ3) is 6.40. The first-order chi connectivity index (χ1) is 19.5. The van der Waals surface area contributed by atoms with Gasteiger partial charge in [0.2, 0.25) is 0 Å². The van der Waals surface area contributed by atoms with E-state index in [9.17, 15) is 9.18 Å². The molecule has 0 aliphatic carbocycles. The number of ether oxygens (including phenoxy) is 1. The summed E-state index contributed by atoms with van der Waals surface area (Å²) in [5.41, 5.74) is 4.47. The molecule has 4 aromatic carbocycles. The number of para-hydroxylation sites is 1. The van der Waals surface area contributed by atoms with E-state index in [1.54, 1.807) is 31.4 Å². The van der Waals surface area contributed by atoms with Crippen molar-refractivity contribution >= 4 is 17.7 Å². The van der Waals surface area contributed by atoms with Gasteiger partial charge in [-0.05, 0) is 60.9 Å². The van der Waals surface area contributed by atoms with Gasteiger partial charge in [-0.15, -0.1) is 10.2 Å². The molecule has 1 atom stereocenters. The largest absolute Gasteiger partial charge is 0.496 e. The van der Waals surface area contributed by atoms with E-state index >= 15 is 0 Å². The highest BCUT2D eigenvalue weighted by molar-refractivity contribution is 7.98. The fourth-order valence-corrected chi connectivity index (χ4v) is 5.31. The van der Waals surface area contributed by atoms with E-state index in [0.717, 1.165) is 22.4 Å². The normalized spacial score (nSPS) is 11.7. The van der Waals surface area contributed by atoms with Gasteiger partial charge in [-0.2, -0.15) is 0 Å². The number of benzene rings is 4.